The predicted octanol–water partition coefficient (Wildman–Crippen LogP) is 4.29. The molecule has 0 saturated carbocycles. The van der Waals surface area contributed by atoms with Crippen LogP contribution in [0.1, 0.15) is 12.0 Å². The quantitative estimate of drug-likeness (QED) is 0.463. The summed E-state index contributed by atoms with van der Waals surface area (Å²) in [4.78, 5) is 29.2. The van der Waals surface area contributed by atoms with Crippen molar-refractivity contribution < 1.29 is 27.2 Å². The second-order valence-electron chi connectivity index (χ2n) is 7.19. The van der Waals surface area contributed by atoms with Gasteiger partial charge >= 0.3 is 6.36 Å². The van der Waals surface area contributed by atoms with Crippen LogP contribution in [0.3, 0.4) is 0 Å². The van der Waals surface area contributed by atoms with E-state index >= 15 is 0 Å². The molecule has 1 amide bonds. The van der Waals surface area contributed by atoms with Crippen LogP contribution in [0.15, 0.2) is 64.2 Å². The van der Waals surface area contributed by atoms with Crippen molar-refractivity contribution in [3.05, 3.63) is 70.8 Å². The summed E-state index contributed by atoms with van der Waals surface area (Å²) in [6.45, 7) is 1.97. The number of carbonyl (C=O) groups excluding carboxylic acids is 1. The second kappa shape index (κ2) is 8.77. The number of alkyl halides is 3. The summed E-state index contributed by atoms with van der Waals surface area (Å²) in [5, 5.41) is 6.51. The van der Waals surface area contributed by atoms with Crippen LogP contribution in [-0.4, -0.2) is 27.0 Å². The second-order valence-corrected chi connectivity index (χ2v) is 7.19. The van der Waals surface area contributed by atoms with Crippen LogP contribution in [0.2, 0.25) is 0 Å². The van der Waals surface area contributed by atoms with Crippen molar-refractivity contribution in [2.45, 2.75) is 26.3 Å². The van der Waals surface area contributed by atoms with Crippen LogP contribution >= 0.6 is 0 Å². The van der Waals surface area contributed by atoms with E-state index in [1.807, 2.05) is 31.2 Å². The van der Waals surface area contributed by atoms with Gasteiger partial charge in [-0.05, 0) is 31.2 Å². The summed E-state index contributed by atoms with van der Waals surface area (Å²) in [5.74, 6) is -0.840. The topological polar surface area (TPSA) is 99.2 Å². The van der Waals surface area contributed by atoms with Gasteiger partial charge in [-0.2, -0.15) is 0 Å². The lowest BCUT2D eigenvalue weighted by molar-refractivity contribution is -0.274. The molecule has 0 unspecified atom stereocenters. The van der Waals surface area contributed by atoms with Gasteiger partial charge in [0.2, 0.25) is 5.91 Å². The molecule has 0 spiro atoms. The van der Waals surface area contributed by atoms with E-state index in [0.717, 1.165) is 23.3 Å². The van der Waals surface area contributed by atoms with Crippen molar-refractivity contribution in [2.75, 3.05) is 5.32 Å². The molecule has 2 aromatic carbocycles. The molecular formula is C22H17F3N4O4. The van der Waals surface area contributed by atoms with Crippen molar-refractivity contribution in [1.29, 1.82) is 0 Å². The van der Waals surface area contributed by atoms with E-state index < -0.39 is 23.6 Å². The maximum atomic E-state index is 12.7. The molecule has 1 N–H and O–H groups in total. The number of ether oxygens (including phenoxy) is 1. The third-order valence-electron chi connectivity index (χ3n) is 4.73. The van der Waals surface area contributed by atoms with Gasteiger partial charge in [-0.3, -0.25) is 14.2 Å². The average Bonchev–Trinajstić information content (AvgIpc) is 3.19. The zero-order valence-electron chi connectivity index (χ0n) is 17.2. The molecule has 0 aliphatic carbocycles. The molecule has 0 aliphatic rings. The molecule has 11 heteroatoms. The van der Waals surface area contributed by atoms with E-state index in [1.54, 1.807) is 0 Å². The molecule has 2 heterocycles. The van der Waals surface area contributed by atoms with Crippen LogP contribution in [0, 0.1) is 6.92 Å². The minimum absolute atomic E-state index is 0.0173. The summed E-state index contributed by atoms with van der Waals surface area (Å²) >= 11 is 0. The molecule has 2 aromatic heterocycles. The van der Waals surface area contributed by atoms with E-state index in [0.29, 0.717) is 11.2 Å². The average molecular weight is 458 g/mol. The first-order valence-electron chi connectivity index (χ1n) is 9.77. The van der Waals surface area contributed by atoms with Crippen LogP contribution in [-0.2, 0) is 11.3 Å². The number of aromatic nitrogens is 3. The van der Waals surface area contributed by atoms with Crippen molar-refractivity contribution >= 4 is 22.7 Å². The molecule has 8 nitrogen and oxygen atoms in total. The van der Waals surface area contributed by atoms with Crippen molar-refractivity contribution in [3.8, 4) is 17.0 Å². The van der Waals surface area contributed by atoms with Crippen LogP contribution in [0.4, 0.5) is 18.9 Å². The number of nitrogens with one attached hydrogen (secondary N) is 1. The fourth-order valence-electron chi connectivity index (χ4n) is 3.10. The molecule has 170 valence electrons. The fourth-order valence-corrected chi connectivity index (χ4v) is 3.10. The number of fused-ring (bicyclic) bond motifs is 1. The lowest BCUT2D eigenvalue weighted by atomic mass is 10.1. The first kappa shape index (κ1) is 22.1. The molecule has 4 rings (SSSR count). The summed E-state index contributed by atoms with van der Waals surface area (Å²) in [5.41, 5.74) is 2.39. The zero-order valence-corrected chi connectivity index (χ0v) is 17.2. The highest BCUT2D eigenvalue weighted by molar-refractivity contribution is 5.90. The van der Waals surface area contributed by atoms with Gasteiger partial charge in [0.05, 0.1) is 6.33 Å². The molecular weight excluding hydrogens is 441 g/mol. The number of aryl methyl sites for hydroxylation is 2. The molecule has 0 radical (unpaired) electrons. The first-order chi connectivity index (χ1) is 15.7. The molecule has 0 saturated heterocycles. The Labute approximate surface area is 184 Å². The van der Waals surface area contributed by atoms with Gasteiger partial charge in [0.25, 0.3) is 11.1 Å². The van der Waals surface area contributed by atoms with E-state index in [4.69, 9.17) is 4.52 Å². The van der Waals surface area contributed by atoms with Gasteiger partial charge in [-0.1, -0.05) is 35.0 Å². The highest BCUT2D eigenvalue weighted by Gasteiger charge is 2.31. The van der Waals surface area contributed by atoms with Gasteiger partial charge in [-0.15, -0.1) is 13.2 Å². The predicted molar refractivity (Wildman–Crippen MR) is 113 cm³/mol. The lowest BCUT2D eigenvalue weighted by Gasteiger charge is -2.10. The maximum Gasteiger partial charge on any atom is 0.573 e. The Balaban J connectivity index is 1.42. The highest BCUT2D eigenvalue weighted by Crippen LogP contribution is 2.25. The minimum atomic E-state index is -4.79. The highest BCUT2D eigenvalue weighted by atomic mass is 19.4. The largest absolute Gasteiger partial charge is 0.573 e. The fraction of sp³-hybridized carbons (Fsp3) is 0.182. The van der Waals surface area contributed by atoms with Crippen LogP contribution < -0.4 is 15.6 Å². The van der Waals surface area contributed by atoms with Crippen molar-refractivity contribution in [2.24, 2.45) is 0 Å². The van der Waals surface area contributed by atoms with E-state index in [2.05, 4.69) is 20.2 Å². The van der Waals surface area contributed by atoms with Gasteiger partial charge in [0.1, 0.15) is 17.0 Å². The third-order valence-corrected chi connectivity index (χ3v) is 4.73. The van der Waals surface area contributed by atoms with Crippen LogP contribution in [0.25, 0.3) is 22.4 Å². The Bertz CT molecular complexity index is 1340. The van der Waals surface area contributed by atoms with Crippen LogP contribution in [0.5, 0.6) is 5.75 Å². The molecule has 0 bridgehead atoms. The Morgan fingerprint density at radius 2 is 1.82 bits per heavy atom. The first-order valence-corrected chi connectivity index (χ1v) is 9.77. The van der Waals surface area contributed by atoms with Gasteiger partial charge in [0, 0.05) is 24.2 Å². The summed E-state index contributed by atoms with van der Waals surface area (Å²) in [7, 11) is 0. The Hall–Kier alpha value is -4.15. The Morgan fingerprint density at radius 1 is 1.12 bits per heavy atom. The normalized spacial score (nSPS) is 11.5. The maximum absolute atomic E-state index is 12.7. The third kappa shape index (κ3) is 5.20. The molecule has 33 heavy (non-hydrogen) atoms. The summed E-state index contributed by atoms with van der Waals surface area (Å²) in [6, 6.07) is 12.2. The van der Waals surface area contributed by atoms with E-state index in [-0.39, 0.29) is 24.2 Å². The molecule has 0 fully saturated rings. The lowest BCUT2D eigenvalue weighted by Crippen LogP contribution is -2.23. The van der Waals surface area contributed by atoms with Gasteiger partial charge in [-0.25, -0.2) is 4.98 Å². The van der Waals surface area contributed by atoms with E-state index in [9.17, 15) is 22.8 Å². The number of benzene rings is 2. The van der Waals surface area contributed by atoms with Crippen molar-refractivity contribution in [3.63, 3.8) is 0 Å². The minimum Gasteiger partial charge on any atom is -0.406 e. The Kier molecular flexibility index (Phi) is 5.86. The number of hydrogen-bond acceptors (Lipinski definition) is 6. The number of amides is 1. The number of halogens is 3. The SMILES string of the molecule is Cc1ccc(-c2noc3c(=O)n(CCC(=O)Nc4ccc(OC(F)(F)F)cc4)cnc23)cc1. The number of carbonyl (C=O) groups is 1. The van der Waals surface area contributed by atoms with Gasteiger partial charge in [0.15, 0.2) is 0 Å². The molecule has 0 aliphatic heterocycles. The smallest absolute Gasteiger partial charge is 0.406 e. The zero-order chi connectivity index (χ0) is 23.6. The number of nitrogens with zero attached hydrogens (tertiary/aromatic N) is 3. The van der Waals surface area contributed by atoms with E-state index in [1.165, 1.54) is 23.0 Å². The summed E-state index contributed by atoms with van der Waals surface area (Å²) < 4.78 is 46.9. The van der Waals surface area contributed by atoms with Crippen molar-refractivity contribution in [1.82, 2.24) is 14.7 Å². The summed E-state index contributed by atoms with van der Waals surface area (Å²) in [6.07, 6.45) is -3.56. The standard InChI is InChI=1S/C22H17F3N4O4/c1-13-2-4-14(5-3-13)18-19-20(33-28-18)21(31)29(12-26-19)11-10-17(30)27-15-6-8-16(9-7-15)32-22(23,24)25/h2-9,12H,10-11H2,1H3,(H,27,30). The monoisotopic (exact) mass is 458 g/mol. The molecule has 4 aromatic rings. The number of anilines is 1. The molecule has 0 atom stereocenters. The number of rotatable bonds is 6. The Morgan fingerprint density at radius 3 is 2.48 bits per heavy atom. The van der Waals surface area contributed by atoms with Gasteiger partial charge < -0.3 is 14.6 Å². The number of hydrogen-bond donors (Lipinski definition) is 1.